The van der Waals surface area contributed by atoms with Gasteiger partial charge in [-0.25, -0.2) is 0 Å². The van der Waals surface area contributed by atoms with Crippen LogP contribution in [0.5, 0.6) is 0 Å². The number of rotatable bonds is 4. The van der Waals surface area contributed by atoms with Gasteiger partial charge in [0.05, 0.1) is 12.8 Å². The third kappa shape index (κ3) is 3.71. The van der Waals surface area contributed by atoms with Crippen LogP contribution in [0.4, 0.5) is 0 Å². The molecule has 0 atom stereocenters. The average Bonchev–Trinajstić information content (AvgIpc) is 2.08. The Morgan fingerprint density at radius 3 is 2.13 bits per heavy atom. The summed E-state index contributed by atoms with van der Waals surface area (Å²) in [5.41, 5.74) is 11.7. The highest BCUT2D eigenvalue weighted by molar-refractivity contribution is 9.10. The van der Waals surface area contributed by atoms with Gasteiger partial charge >= 0.3 is 0 Å². The molecule has 0 fully saturated rings. The van der Waals surface area contributed by atoms with Crippen LogP contribution in [0, 0.1) is 0 Å². The van der Waals surface area contributed by atoms with Crippen LogP contribution in [0.2, 0.25) is 0 Å². The molecule has 0 radical (unpaired) electrons. The normalized spacial score (nSPS) is 9.93. The topological polar surface area (TPSA) is 86.2 Å². The van der Waals surface area contributed by atoms with E-state index in [4.69, 9.17) is 11.5 Å². The van der Waals surface area contributed by atoms with E-state index in [2.05, 4.69) is 15.9 Å². The van der Waals surface area contributed by atoms with Crippen molar-refractivity contribution in [1.29, 1.82) is 0 Å². The summed E-state index contributed by atoms with van der Waals surface area (Å²) in [5.74, 6) is -0.859. The molecule has 0 aliphatic carbocycles. The summed E-state index contributed by atoms with van der Waals surface area (Å²) < 4.78 is 0.840. The summed E-state index contributed by atoms with van der Waals surface area (Å²) >= 11 is 3.28. The number of primary amides is 2. The fourth-order valence-corrected chi connectivity index (χ4v) is 1.72. The predicted octanol–water partition coefficient (Wildman–Crippen LogP) is 0.505. The second-order valence-electron chi connectivity index (χ2n) is 3.20. The SMILES string of the molecule is NC(=O)Cc1ccc(Br)cc1CC(N)=O. The lowest BCUT2D eigenvalue weighted by molar-refractivity contribution is -0.118. The molecule has 0 saturated heterocycles. The van der Waals surface area contributed by atoms with Crippen molar-refractivity contribution in [3.05, 3.63) is 33.8 Å². The van der Waals surface area contributed by atoms with Gasteiger partial charge in [-0.15, -0.1) is 0 Å². The first-order valence-electron chi connectivity index (χ1n) is 4.33. The molecule has 0 saturated carbocycles. The minimum absolute atomic E-state index is 0.113. The Hall–Kier alpha value is -1.36. The van der Waals surface area contributed by atoms with Crippen LogP contribution in [0.3, 0.4) is 0 Å². The Kier molecular flexibility index (Phi) is 3.85. The van der Waals surface area contributed by atoms with Crippen LogP contribution >= 0.6 is 15.9 Å². The van der Waals surface area contributed by atoms with Crippen molar-refractivity contribution in [3.8, 4) is 0 Å². The Balaban J connectivity index is 3.02. The third-order valence-electron chi connectivity index (χ3n) is 1.90. The molecular formula is C10H11BrN2O2. The van der Waals surface area contributed by atoms with Crippen molar-refractivity contribution >= 4 is 27.7 Å². The second kappa shape index (κ2) is 4.93. The molecule has 0 bridgehead atoms. The maximum absolute atomic E-state index is 10.8. The first kappa shape index (κ1) is 11.7. The largest absolute Gasteiger partial charge is 0.369 e. The molecular weight excluding hydrogens is 260 g/mol. The Labute approximate surface area is 95.8 Å². The lowest BCUT2D eigenvalue weighted by Crippen LogP contribution is -2.18. The Morgan fingerprint density at radius 1 is 1.07 bits per heavy atom. The number of hydrogen-bond acceptors (Lipinski definition) is 2. The molecule has 1 aromatic rings. The van der Waals surface area contributed by atoms with Gasteiger partial charge in [-0.2, -0.15) is 0 Å². The number of carbonyl (C=O) groups is 2. The van der Waals surface area contributed by atoms with Crippen molar-refractivity contribution in [1.82, 2.24) is 0 Å². The van der Waals surface area contributed by atoms with Gasteiger partial charge in [-0.05, 0) is 23.3 Å². The van der Waals surface area contributed by atoms with Gasteiger partial charge in [-0.3, -0.25) is 9.59 Å². The smallest absolute Gasteiger partial charge is 0.221 e. The van der Waals surface area contributed by atoms with E-state index in [-0.39, 0.29) is 12.8 Å². The molecule has 4 N–H and O–H groups in total. The molecule has 0 aliphatic rings. The Morgan fingerprint density at radius 2 is 1.60 bits per heavy atom. The van der Waals surface area contributed by atoms with Gasteiger partial charge < -0.3 is 11.5 Å². The van der Waals surface area contributed by atoms with Crippen molar-refractivity contribution in [2.45, 2.75) is 12.8 Å². The zero-order valence-electron chi connectivity index (χ0n) is 8.00. The van der Waals surface area contributed by atoms with Gasteiger partial charge in [0.1, 0.15) is 0 Å². The molecule has 80 valence electrons. The van der Waals surface area contributed by atoms with E-state index < -0.39 is 11.8 Å². The van der Waals surface area contributed by atoms with Crippen molar-refractivity contribution in [2.24, 2.45) is 11.5 Å². The summed E-state index contributed by atoms with van der Waals surface area (Å²) in [7, 11) is 0. The molecule has 0 unspecified atom stereocenters. The first-order chi connectivity index (χ1) is 6.99. The molecule has 0 spiro atoms. The molecule has 0 heterocycles. The molecule has 1 aromatic carbocycles. The van der Waals surface area contributed by atoms with E-state index in [1.54, 1.807) is 18.2 Å². The van der Waals surface area contributed by atoms with Gasteiger partial charge in [0.25, 0.3) is 0 Å². The van der Waals surface area contributed by atoms with Gasteiger partial charge in [-0.1, -0.05) is 22.0 Å². The van der Waals surface area contributed by atoms with Crippen LogP contribution < -0.4 is 11.5 Å². The fourth-order valence-electron chi connectivity index (χ4n) is 1.31. The number of benzene rings is 1. The predicted molar refractivity (Wildman–Crippen MR) is 59.9 cm³/mol. The molecule has 1 rings (SSSR count). The standard InChI is InChI=1S/C10H11BrN2O2/c11-8-2-1-6(4-9(12)14)7(3-8)5-10(13)15/h1-3H,4-5H2,(H2,12,14)(H2,13,15). The van der Waals surface area contributed by atoms with Crippen molar-refractivity contribution in [3.63, 3.8) is 0 Å². The summed E-state index contributed by atoms with van der Waals surface area (Å²) in [5, 5.41) is 0. The van der Waals surface area contributed by atoms with Crippen LogP contribution in [-0.2, 0) is 22.4 Å². The molecule has 15 heavy (non-hydrogen) atoms. The van der Waals surface area contributed by atoms with Gasteiger partial charge in [0.2, 0.25) is 11.8 Å². The fraction of sp³-hybridized carbons (Fsp3) is 0.200. The molecule has 2 amide bonds. The molecule has 5 heteroatoms. The van der Waals surface area contributed by atoms with Crippen LogP contribution in [0.1, 0.15) is 11.1 Å². The second-order valence-corrected chi connectivity index (χ2v) is 4.11. The van der Waals surface area contributed by atoms with E-state index in [9.17, 15) is 9.59 Å². The van der Waals surface area contributed by atoms with E-state index in [1.165, 1.54) is 0 Å². The molecule has 0 aliphatic heterocycles. The lowest BCUT2D eigenvalue weighted by Gasteiger charge is -2.06. The van der Waals surface area contributed by atoms with E-state index in [0.29, 0.717) is 0 Å². The maximum atomic E-state index is 10.8. The van der Waals surface area contributed by atoms with Crippen LogP contribution in [-0.4, -0.2) is 11.8 Å². The minimum atomic E-state index is -0.432. The number of carbonyl (C=O) groups excluding carboxylic acids is 2. The molecule has 0 aromatic heterocycles. The number of halogens is 1. The third-order valence-corrected chi connectivity index (χ3v) is 2.39. The first-order valence-corrected chi connectivity index (χ1v) is 5.12. The van der Waals surface area contributed by atoms with Gasteiger partial charge in [0.15, 0.2) is 0 Å². The van der Waals surface area contributed by atoms with E-state index in [0.717, 1.165) is 15.6 Å². The summed E-state index contributed by atoms with van der Waals surface area (Å²) in [4.78, 5) is 21.6. The van der Waals surface area contributed by atoms with Crippen LogP contribution in [0.25, 0.3) is 0 Å². The van der Waals surface area contributed by atoms with E-state index >= 15 is 0 Å². The minimum Gasteiger partial charge on any atom is -0.369 e. The summed E-state index contributed by atoms with van der Waals surface area (Å²) in [6.45, 7) is 0. The van der Waals surface area contributed by atoms with Crippen LogP contribution in [0.15, 0.2) is 22.7 Å². The highest BCUT2D eigenvalue weighted by Gasteiger charge is 2.08. The Bertz CT molecular complexity index is 404. The maximum Gasteiger partial charge on any atom is 0.221 e. The average molecular weight is 271 g/mol. The van der Waals surface area contributed by atoms with E-state index in [1.807, 2.05) is 0 Å². The summed E-state index contributed by atoms with van der Waals surface area (Å²) in [6, 6.07) is 5.32. The number of nitrogens with two attached hydrogens (primary N) is 2. The molecule has 4 nitrogen and oxygen atoms in total. The monoisotopic (exact) mass is 270 g/mol. The summed E-state index contributed by atoms with van der Waals surface area (Å²) in [6.07, 6.45) is 0.234. The van der Waals surface area contributed by atoms with Crippen molar-refractivity contribution in [2.75, 3.05) is 0 Å². The highest BCUT2D eigenvalue weighted by atomic mass is 79.9. The van der Waals surface area contributed by atoms with Gasteiger partial charge in [0, 0.05) is 4.47 Å². The number of amides is 2. The number of hydrogen-bond donors (Lipinski definition) is 2. The zero-order valence-corrected chi connectivity index (χ0v) is 9.58. The quantitative estimate of drug-likeness (QED) is 0.835. The lowest BCUT2D eigenvalue weighted by atomic mass is 10.0. The van der Waals surface area contributed by atoms with Crippen molar-refractivity contribution < 1.29 is 9.59 Å². The zero-order chi connectivity index (χ0) is 11.4. The highest BCUT2D eigenvalue weighted by Crippen LogP contribution is 2.17.